The van der Waals surface area contributed by atoms with Crippen molar-refractivity contribution in [2.75, 3.05) is 6.61 Å². The molecule has 0 atom stereocenters. The molecule has 0 aromatic heterocycles. The molecule has 0 unspecified atom stereocenters. The van der Waals surface area contributed by atoms with E-state index in [0.717, 1.165) is 19.3 Å². The van der Waals surface area contributed by atoms with Gasteiger partial charge < -0.3 is 4.74 Å². The van der Waals surface area contributed by atoms with E-state index >= 15 is 0 Å². The minimum Gasteiger partial charge on any atom is -0.462 e. The third kappa shape index (κ3) is 4.32. The highest BCUT2D eigenvalue weighted by Crippen LogP contribution is 2.10. The molecule has 1 aromatic carbocycles. The summed E-state index contributed by atoms with van der Waals surface area (Å²) in [5.74, 6) is -0.282. The van der Waals surface area contributed by atoms with Gasteiger partial charge in [0, 0.05) is 12.0 Å². The molecule has 1 rings (SSSR count). The smallest absolute Gasteiger partial charge is 0.338 e. The predicted molar refractivity (Wildman–Crippen MR) is 70.9 cm³/mol. The summed E-state index contributed by atoms with van der Waals surface area (Å²) in [4.78, 5) is 23.4. The van der Waals surface area contributed by atoms with Crippen molar-refractivity contribution in [2.45, 2.75) is 39.5 Å². The summed E-state index contributed by atoms with van der Waals surface area (Å²) in [6.07, 6.45) is 3.17. The Morgan fingerprint density at radius 1 is 1.11 bits per heavy atom. The fourth-order valence-electron chi connectivity index (χ4n) is 1.58. The van der Waals surface area contributed by atoms with Gasteiger partial charge in [-0.3, -0.25) is 4.79 Å². The molecule has 3 heteroatoms. The summed E-state index contributed by atoms with van der Waals surface area (Å²) in [5.41, 5.74) is 1.04. The lowest BCUT2D eigenvalue weighted by Crippen LogP contribution is -2.08. The van der Waals surface area contributed by atoms with Gasteiger partial charge in [0.15, 0.2) is 5.78 Å². The van der Waals surface area contributed by atoms with Gasteiger partial charge in [-0.2, -0.15) is 0 Å². The molecule has 18 heavy (non-hydrogen) atoms. The Labute approximate surface area is 108 Å². The van der Waals surface area contributed by atoms with Crippen LogP contribution in [-0.2, 0) is 4.74 Å². The van der Waals surface area contributed by atoms with Gasteiger partial charge in [0.05, 0.1) is 12.2 Å². The van der Waals surface area contributed by atoms with E-state index < -0.39 is 0 Å². The number of ether oxygens (including phenoxy) is 1. The maximum absolute atomic E-state index is 11.7. The molecule has 0 N–H and O–H groups in total. The topological polar surface area (TPSA) is 43.4 Å². The number of esters is 1. The lowest BCUT2D eigenvalue weighted by Gasteiger charge is -2.05. The molecule has 0 saturated heterocycles. The number of ketones is 1. The van der Waals surface area contributed by atoms with E-state index in [4.69, 9.17) is 4.74 Å². The summed E-state index contributed by atoms with van der Waals surface area (Å²) in [7, 11) is 0. The normalized spacial score (nSPS) is 10.1. The van der Waals surface area contributed by atoms with E-state index in [0.29, 0.717) is 24.2 Å². The zero-order chi connectivity index (χ0) is 13.4. The third-order valence-electron chi connectivity index (χ3n) is 2.63. The van der Waals surface area contributed by atoms with Gasteiger partial charge in [-0.15, -0.1) is 0 Å². The van der Waals surface area contributed by atoms with Gasteiger partial charge in [0.2, 0.25) is 0 Å². The van der Waals surface area contributed by atoms with Gasteiger partial charge in [-0.25, -0.2) is 4.79 Å². The van der Waals surface area contributed by atoms with E-state index in [1.165, 1.54) is 0 Å². The third-order valence-corrected chi connectivity index (χ3v) is 2.63. The van der Waals surface area contributed by atoms with Gasteiger partial charge in [0.25, 0.3) is 0 Å². The summed E-state index contributed by atoms with van der Waals surface area (Å²) in [6, 6.07) is 6.75. The van der Waals surface area contributed by atoms with E-state index in [1.807, 2.05) is 13.8 Å². The largest absolute Gasteiger partial charge is 0.462 e. The van der Waals surface area contributed by atoms with Crippen molar-refractivity contribution < 1.29 is 14.3 Å². The van der Waals surface area contributed by atoms with E-state index in [-0.39, 0.29) is 11.8 Å². The van der Waals surface area contributed by atoms with Crippen molar-refractivity contribution >= 4 is 11.8 Å². The van der Waals surface area contributed by atoms with E-state index in [2.05, 4.69) is 0 Å². The molecule has 0 amide bonds. The van der Waals surface area contributed by atoms with Crippen LogP contribution in [0.15, 0.2) is 24.3 Å². The molecule has 0 aliphatic heterocycles. The van der Waals surface area contributed by atoms with Crippen LogP contribution >= 0.6 is 0 Å². The molecular weight excluding hydrogens is 228 g/mol. The first kappa shape index (κ1) is 14.4. The lowest BCUT2D eigenvalue weighted by molar-refractivity contribution is 0.0499. The highest BCUT2D eigenvalue weighted by Gasteiger charge is 2.10. The van der Waals surface area contributed by atoms with Crippen LogP contribution in [0.4, 0.5) is 0 Å². The fourth-order valence-corrected chi connectivity index (χ4v) is 1.58. The summed E-state index contributed by atoms with van der Waals surface area (Å²) >= 11 is 0. The Morgan fingerprint density at radius 2 is 1.83 bits per heavy atom. The lowest BCUT2D eigenvalue weighted by atomic mass is 10.0. The average molecular weight is 248 g/mol. The first-order valence-electron chi connectivity index (χ1n) is 6.49. The second kappa shape index (κ2) is 7.64. The number of rotatable bonds is 7. The maximum Gasteiger partial charge on any atom is 0.338 e. The standard InChI is InChI=1S/C15H20O3/c1-3-5-10-18-15(17)13-9-6-8-12(11-13)14(16)7-4-2/h6,8-9,11H,3-5,7,10H2,1-2H3. The highest BCUT2D eigenvalue weighted by atomic mass is 16.5. The predicted octanol–water partition coefficient (Wildman–Crippen LogP) is 3.63. The van der Waals surface area contributed by atoms with Crippen LogP contribution in [0, 0.1) is 0 Å². The van der Waals surface area contributed by atoms with Crippen LogP contribution in [-0.4, -0.2) is 18.4 Å². The monoisotopic (exact) mass is 248 g/mol. The molecule has 3 nitrogen and oxygen atoms in total. The first-order valence-corrected chi connectivity index (χ1v) is 6.49. The Bertz CT molecular complexity index is 410. The molecule has 1 aromatic rings. The Balaban J connectivity index is 2.69. The number of carbonyl (C=O) groups excluding carboxylic acids is 2. The van der Waals surface area contributed by atoms with E-state index in [9.17, 15) is 9.59 Å². The average Bonchev–Trinajstić information content (AvgIpc) is 2.39. The molecule has 0 heterocycles. The zero-order valence-corrected chi connectivity index (χ0v) is 11.1. The van der Waals surface area contributed by atoms with Crippen molar-refractivity contribution in [1.29, 1.82) is 0 Å². The van der Waals surface area contributed by atoms with Gasteiger partial charge in [-0.05, 0) is 25.0 Å². The number of hydrogen-bond donors (Lipinski definition) is 0. The van der Waals surface area contributed by atoms with Gasteiger partial charge in [0.1, 0.15) is 0 Å². The van der Waals surface area contributed by atoms with Gasteiger partial charge >= 0.3 is 5.97 Å². The number of benzene rings is 1. The van der Waals surface area contributed by atoms with E-state index in [1.54, 1.807) is 24.3 Å². The molecule has 98 valence electrons. The molecular formula is C15H20O3. The Morgan fingerprint density at radius 3 is 2.50 bits per heavy atom. The molecule has 0 aliphatic rings. The minimum atomic E-state index is -0.352. The fraction of sp³-hybridized carbons (Fsp3) is 0.467. The van der Waals surface area contributed by atoms with Crippen LogP contribution in [0.1, 0.15) is 60.2 Å². The van der Waals surface area contributed by atoms with Crippen molar-refractivity contribution in [2.24, 2.45) is 0 Å². The van der Waals surface area contributed by atoms with Crippen molar-refractivity contribution in [3.05, 3.63) is 35.4 Å². The number of carbonyl (C=O) groups is 2. The van der Waals surface area contributed by atoms with Crippen LogP contribution in [0.5, 0.6) is 0 Å². The highest BCUT2D eigenvalue weighted by molar-refractivity contribution is 5.99. The minimum absolute atomic E-state index is 0.0701. The van der Waals surface area contributed by atoms with Crippen molar-refractivity contribution in [1.82, 2.24) is 0 Å². The summed E-state index contributed by atoms with van der Waals surface area (Å²) < 4.78 is 5.11. The first-order chi connectivity index (χ1) is 8.69. The number of unbranched alkanes of at least 4 members (excludes halogenated alkanes) is 1. The summed E-state index contributed by atoms with van der Waals surface area (Å²) in [5, 5.41) is 0. The maximum atomic E-state index is 11.7. The molecule has 0 fully saturated rings. The Kier molecular flexibility index (Phi) is 6.12. The zero-order valence-electron chi connectivity index (χ0n) is 11.1. The van der Waals surface area contributed by atoms with Crippen LogP contribution < -0.4 is 0 Å². The molecule has 0 saturated carbocycles. The molecule has 0 aliphatic carbocycles. The van der Waals surface area contributed by atoms with Crippen LogP contribution in [0.3, 0.4) is 0 Å². The van der Waals surface area contributed by atoms with Crippen LogP contribution in [0.2, 0.25) is 0 Å². The quantitative estimate of drug-likeness (QED) is 0.420. The van der Waals surface area contributed by atoms with Crippen LogP contribution in [0.25, 0.3) is 0 Å². The molecule has 0 radical (unpaired) electrons. The summed E-state index contributed by atoms with van der Waals surface area (Å²) in [6.45, 7) is 4.43. The Hall–Kier alpha value is -1.64. The number of hydrogen-bond acceptors (Lipinski definition) is 3. The second-order valence-electron chi connectivity index (χ2n) is 4.24. The second-order valence-corrected chi connectivity index (χ2v) is 4.24. The number of Topliss-reactive ketones (excluding diaryl/α,β-unsaturated/α-hetero) is 1. The van der Waals surface area contributed by atoms with Gasteiger partial charge in [-0.1, -0.05) is 32.4 Å². The van der Waals surface area contributed by atoms with Crippen molar-refractivity contribution in [3.63, 3.8) is 0 Å². The molecule has 0 bridgehead atoms. The SMILES string of the molecule is CCCCOC(=O)c1cccc(C(=O)CCC)c1. The molecule has 0 spiro atoms. The van der Waals surface area contributed by atoms with Crippen molar-refractivity contribution in [3.8, 4) is 0 Å².